The Bertz CT molecular complexity index is 837. The molecule has 1 N–H and O–H groups in total. The summed E-state index contributed by atoms with van der Waals surface area (Å²) in [6.45, 7) is 2.22. The van der Waals surface area contributed by atoms with Crippen molar-refractivity contribution in [2.75, 3.05) is 19.6 Å². The van der Waals surface area contributed by atoms with Gasteiger partial charge in [-0.15, -0.1) is 0 Å². The Hall–Kier alpha value is -2.35. The molecule has 0 radical (unpaired) electrons. The fourth-order valence-electron chi connectivity index (χ4n) is 4.12. The molecular weight excluding hydrogens is 357 g/mol. The van der Waals surface area contributed by atoms with Crippen LogP contribution < -0.4 is 5.32 Å². The zero-order chi connectivity index (χ0) is 19.2. The highest BCUT2D eigenvalue weighted by atomic mass is 19.4. The predicted octanol–water partition coefficient (Wildman–Crippen LogP) is 2.55. The highest BCUT2D eigenvalue weighted by molar-refractivity contribution is 5.92. The number of hydrogen-bond donors (Lipinski definition) is 1. The van der Waals surface area contributed by atoms with Gasteiger partial charge in [0.15, 0.2) is 0 Å². The van der Waals surface area contributed by atoms with Crippen molar-refractivity contribution < 1.29 is 18.0 Å². The minimum Gasteiger partial charge on any atom is -0.340 e. The van der Waals surface area contributed by atoms with E-state index in [1.807, 2.05) is 0 Å². The van der Waals surface area contributed by atoms with Crippen molar-refractivity contribution >= 4 is 5.91 Å². The summed E-state index contributed by atoms with van der Waals surface area (Å²) in [6, 6.07) is 5.45. The Labute approximate surface area is 155 Å². The molecule has 1 aromatic heterocycles. The Morgan fingerprint density at radius 1 is 1.30 bits per heavy atom. The largest absolute Gasteiger partial charge is 0.416 e. The molecule has 144 valence electrons. The molecule has 2 unspecified atom stereocenters. The van der Waals surface area contributed by atoms with Crippen LogP contribution in [-0.2, 0) is 19.8 Å². The number of benzene rings is 1. The summed E-state index contributed by atoms with van der Waals surface area (Å²) >= 11 is 0. The van der Waals surface area contributed by atoms with E-state index in [4.69, 9.17) is 0 Å². The van der Waals surface area contributed by atoms with Crippen LogP contribution in [0.2, 0.25) is 0 Å². The summed E-state index contributed by atoms with van der Waals surface area (Å²) in [6.07, 6.45) is -1.33. The van der Waals surface area contributed by atoms with Crippen molar-refractivity contribution in [3.05, 3.63) is 53.6 Å². The molecule has 8 heteroatoms. The molecule has 0 bridgehead atoms. The molecule has 2 aliphatic rings. The van der Waals surface area contributed by atoms with E-state index in [-0.39, 0.29) is 23.7 Å². The van der Waals surface area contributed by atoms with E-state index in [9.17, 15) is 18.0 Å². The van der Waals surface area contributed by atoms with Crippen LogP contribution in [0.15, 0.2) is 36.8 Å². The maximum Gasteiger partial charge on any atom is 0.416 e. The predicted molar refractivity (Wildman–Crippen MR) is 92.7 cm³/mol. The van der Waals surface area contributed by atoms with E-state index in [1.165, 1.54) is 23.4 Å². The molecule has 1 saturated carbocycles. The lowest BCUT2D eigenvalue weighted by Gasteiger charge is -2.25. The number of piperidine rings is 1. The summed E-state index contributed by atoms with van der Waals surface area (Å²) in [4.78, 5) is 18.6. The third-order valence-electron chi connectivity index (χ3n) is 5.60. The average molecular weight is 378 g/mol. The quantitative estimate of drug-likeness (QED) is 0.870. The number of aryl methyl sites for hydroxylation is 1. The fourth-order valence-corrected chi connectivity index (χ4v) is 4.12. The number of rotatable bonds is 5. The number of nitrogens with zero attached hydrogens (tertiary/aromatic N) is 3. The highest BCUT2D eigenvalue weighted by Gasteiger charge is 2.53. The van der Waals surface area contributed by atoms with Gasteiger partial charge >= 0.3 is 6.18 Å². The standard InChI is InChI=1S/C19H21F3N4O/c1-25-10-17(24-11-25)18(27)26(9-15-13-6-23-7-14(13)15)8-12-4-2-3-5-16(12)19(20,21)22/h2-5,10-11,13-15,23H,6-9H2,1H3. The third-order valence-corrected chi connectivity index (χ3v) is 5.60. The number of imidazole rings is 1. The van der Waals surface area contributed by atoms with Gasteiger partial charge in [0.05, 0.1) is 11.9 Å². The summed E-state index contributed by atoms with van der Waals surface area (Å²) in [5, 5.41) is 3.30. The lowest BCUT2D eigenvalue weighted by Crippen LogP contribution is -2.35. The van der Waals surface area contributed by atoms with Gasteiger partial charge < -0.3 is 14.8 Å². The summed E-state index contributed by atoms with van der Waals surface area (Å²) in [5.74, 6) is 1.05. The van der Waals surface area contributed by atoms with Crippen LogP contribution in [0, 0.1) is 17.8 Å². The van der Waals surface area contributed by atoms with Crippen LogP contribution in [0.5, 0.6) is 0 Å². The van der Waals surface area contributed by atoms with Crippen molar-refractivity contribution in [2.45, 2.75) is 12.7 Å². The maximum atomic E-state index is 13.4. The number of halogens is 3. The van der Waals surface area contributed by atoms with Gasteiger partial charge in [-0.2, -0.15) is 13.2 Å². The molecule has 1 aliphatic heterocycles. The van der Waals surface area contributed by atoms with Crippen molar-refractivity contribution in [1.82, 2.24) is 19.8 Å². The first-order valence-electron chi connectivity index (χ1n) is 8.97. The van der Waals surface area contributed by atoms with Gasteiger partial charge in [-0.05, 0) is 42.5 Å². The maximum absolute atomic E-state index is 13.4. The first-order valence-corrected chi connectivity index (χ1v) is 8.97. The van der Waals surface area contributed by atoms with Crippen LogP contribution in [0.1, 0.15) is 21.6 Å². The van der Waals surface area contributed by atoms with Crippen LogP contribution in [0.25, 0.3) is 0 Å². The number of amides is 1. The summed E-state index contributed by atoms with van der Waals surface area (Å²) in [7, 11) is 1.75. The Balaban J connectivity index is 1.59. The minimum atomic E-state index is -4.45. The van der Waals surface area contributed by atoms with E-state index in [0.29, 0.717) is 24.3 Å². The lowest BCUT2D eigenvalue weighted by molar-refractivity contribution is -0.138. The van der Waals surface area contributed by atoms with E-state index in [2.05, 4.69) is 10.3 Å². The van der Waals surface area contributed by atoms with Crippen molar-refractivity contribution in [2.24, 2.45) is 24.8 Å². The molecule has 27 heavy (non-hydrogen) atoms. The van der Waals surface area contributed by atoms with Gasteiger partial charge in [0.2, 0.25) is 0 Å². The minimum absolute atomic E-state index is 0.0749. The van der Waals surface area contributed by atoms with Gasteiger partial charge in [-0.3, -0.25) is 4.79 Å². The second-order valence-electron chi connectivity index (χ2n) is 7.41. The lowest BCUT2D eigenvalue weighted by atomic mass is 10.1. The number of alkyl halides is 3. The van der Waals surface area contributed by atoms with E-state index in [1.54, 1.807) is 23.9 Å². The number of hydrogen-bond acceptors (Lipinski definition) is 3. The average Bonchev–Trinajstić information content (AvgIpc) is 2.98. The van der Waals surface area contributed by atoms with Gasteiger partial charge in [0, 0.05) is 26.3 Å². The van der Waals surface area contributed by atoms with Gasteiger partial charge in [-0.1, -0.05) is 18.2 Å². The number of carbonyl (C=O) groups excluding carboxylic acids is 1. The number of fused-ring (bicyclic) bond motifs is 1. The topological polar surface area (TPSA) is 50.2 Å². The van der Waals surface area contributed by atoms with Crippen molar-refractivity contribution in [3.63, 3.8) is 0 Å². The van der Waals surface area contributed by atoms with Crippen LogP contribution in [0.4, 0.5) is 13.2 Å². The van der Waals surface area contributed by atoms with Crippen LogP contribution in [-0.4, -0.2) is 40.0 Å². The molecule has 4 rings (SSSR count). The number of carbonyl (C=O) groups is 1. The fraction of sp³-hybridized carbons (Fsp3) is 0.474. The van der Waals surface area contributed by atoms with Crippen LogP contribution in [0.3, 0.4) is 0 Å². The molecule has 2 heterocycles. The van der Waals surface area contributed by atoms with Gasteiger partial charge in [0.1, 0.15) is 5.69 Å². The molecule has 1 aromatic carbocycles. The normalized spacial score (nSPS) is 23.9. The first kappa shape index (κ1) is 18.0. The summed E-state index contributed by atoms with van der Waals surface area (Å²) in [5.41, 5.74) is -0.328. The second kappa shape index (κ2) is 6.67. The molecule has 0 spiro atoms. The molecule has 1 aliphatic carbocycles. The Morgan fingerprint density at radius 3 is 2.63 bits per heavy atom. The molecule has 2 atom stereocenters. The molecule has 5 nitrogen and oxygen atoms in total. The SMILES string of the molecule is Cn1cnc(C(=O)N(Cc2ccccc2C(F)(F)F)CC2C3CNCC32)c1. The van der Waals surface area contributed by atoms with E-state index in [0.717, 1.165) is 19.2 Å². The molecule has 2 aromatic rings. The smallest absolute Gasteiger partial charge is 0.340 e. The molecule has 1 saturated heterocycles. The van der Waals surface area contributed by atoms with Gasteiger partial charge in [-0.25, -0.2) is 4.98 Å². The van der Waals surface area contributed by atoms with Crippen molar-refractivity contribution in [3.8, 4) is 0 Å². The Kier molecular flexibility index (Phi) is 4.46. The first-order chi connectivity index (χ1) is 12.8. The molecule has 1 amide bonds. The highest BCUT2D eigenvalue weighted by Crippen LogP contribution is 2.49. The van der Waals surface area contributed by atoms with Gasteiger partial charge in [0.25, 0.3) is 5.91 Å². The zero-order valence-electron chi connectivity index (χ0n) is 14.9. The zero-order valence-corrected chi connectivity index (χ0v) is 14.9. The Morgan fingerprint density at radius 2 is 2.00 bits per heavy atom. The van der Waals surface area contributed by atoms with E-state index < -0.39 is 11.7 Å². The molecular formula is C19H21F3N4O. The van der Waals surface area contributed by atoms with Crippen molar-refractivity contribution in [1.29, 1.82) is 0 Å². The van der Waals surface area contributed by atoms with E-state index >= 15 is 0 Å². The van der Waals surface area contributed by atoms with Crippen LogP contribution >= 0.6 is 0 Å². The third kappa shape index (κ3) is 3.58. The number of aromatic nitrogens is 2. The number of nitrogens with one attached hydrogen (secondary N) is 1. The monoisotopic (exact) mass is 378 g/mol. The second-order valence-corrected chi connectivity index (χ2v) is 7.41. The molecule has 2 fully saturated rings. The summed E-state index contributed by atoms with van der Waals surface area (Å²) < 4.78 is 41.7.